The van der Waals surface area contributed by atoms with Crippen LogP contribution in [0.2, 0.25) is 5.02 Å². The lowest BCUT2D eigenvalue weighted by Crippen LogP contribution is -2.35. The van der Waals surface area contributed by atoms with Crippen LogP contribution >= 0.6 is 11.6 Å². The summed E-state index contributed by atoms with van der Waals surface area (Å²) in [5.41, 5.74) is 2.33. The molecule has 1 unspecified atom stereocenters. The van der Waals surface area contributed by atoms with Crippen LogP contribution in [-0.2, 0) is 11.2 Å². The van der Waals surface area contributed by atoms with E-state index in [4.69, 9.17) is 21.1 Å². The van der Waals surface area contributed by atoms with Crippen LogP contribution in [0.4, 0.5) is 0 Å². The van der Waals surface area contributed by atoms with E-state index in [0.717, 1.165) is 6.42 Å². The number of halogens is 1. The van der Waals surface area contributed by atoms with E-state index in [1.165, 1.54) is 5.56 Å². The van der Waals surface area contributed by atoms with Gasteiger partial charge in [-0.15, -0.1) is 0 Å². The highest BCUT2D eigenvalue weighted by atomic mass is 35.5. The second kappa shape index (κ2) is 11.5. The van der Waals surface area contributed by atoms with Gasteiger partial charge in [0.2, 0.25) is 0 Å². The zero-order valence-electron chi connectivity index (χ0n) is 20.4. The first-order valence-electron chi connectivity index (χ1n) is 12.1. The third-order valence-corrected chi connectivity index (χ3v) is 6.41. The second-order valence-corrected chi connectivity index (χ2v) is 9.76. The number of carbonyl (C=O) groups excluding carboxylic acids is 1. The van der Waals surface area contributed by atoms with E-state index in [2.05, 4.69) is 26.0 Å². The molecule has 1 aliphatic heterocycles. The molecule has 0 fully saturated rings. The van der Waals surface area contributed by atoms with Gasteiger partial charge in [-0.25, -0.2) is 0 Å². The predicted molar refractivity (Wildman–Crippen MR) is 139 cm³/mol. The third-order valence-electron chi connectivity index (χ3n) is 6.12. The summed E-state index contributed by atoms with van der Waals surface area (Å²) in [6.07, 6.45) is 1.19. The van der Waals surface area contributed by atoms with Crippen molar-refractivity contribution < 1.29 is 24.2 Å². The molecule has 0 bridgehead atoms. The quantitative estimate of drug-likeness (QED) is 0.361. The zero-order chi connectivity index (χ0) is 25.7. The molecule has 3 aromatic rings. The number of benzene rings is 3. The molecule has 0 saturated heterocycles. The lowest BCUT2D eigenvalue weighted by molar-refractivity contribution is -0.139. The van der Waals surface area contributed by atoms with Gasteiger partial charge in [0, 0.05) is 30.3 Å². The second-order valence-electron chi connectivity index (χ2n) is 9.36. The molecule has 1 aliphatic rings. The first-order chi connectivity index (χ1) is 17.3. The molecule has 188 valence electrons. The van der Waals surface area contributed by atoms with E-state index < -0.39 is 11.9 Å². The molecule has 0 aliphatic carbocycles. The van der Waals surface area contributed by atoms with Crippen LogP contribution in [0.15, 0.2) is 66.7 Å². The average molecular weight is 508 g/mol. The number of carboxylic acids is 1. The maximum atomic E-state index is 13.3. The molecule has 4 rings (SSSR count). The third kappa shape index (κ3) is 6.18. The number of carboxylic acid groups (broad SMARTS) is 1. The van der Waals surface area contributed by atoms with Crippen molar-refractivity contribution in [2.24, 2.45) is 5.92 Å². The van der Waals surface area contributed by atoms with Crippen molar-refractivity contribution in [1.29, 1.82) is 0 Å². The highest BCUT2D eigenvalue weighted by Crippen LogP contribution is 2.41. The van der Waals surface area contributed by atoms with Gasteiger partial charge in [0.25, 0.3) is 5.91 Å². The van der Waals surface area contributed by atoms with Gasteiger partial charge in [-0.05, 0) is 54.7 Å². The number of fused-ring (bicyclic) bond motifs is 1. The van der Waals surface area contributed by atoms with Crippen LogP contribution in [0.1, 0.15) is 47.7 Å². The lowest BCUT2D eigenvalue weighted by atomic mass is 9.93. The van der Waals surface area contributed by atoms with Crippen LogP contribution in [0.25, 0.3) is 0 Å². The number of carbonyl (C=O) groups is 2. The summed E-state index contributed by atoms with van der Waals surface area (Å²) in [6, 6.07) is 20.3. The van der Waals surface area contributed by atoms with Crippen molar-refractivity contribution in [3.8, 4) is 17.2 Å². The zero-order valence-corrected chi connectivity index (χ0v) is 21.2. The normalized spacial score (nSPS) is 14.6. The smallest absolute Gasteiger partial charge is 0.311 e. The van der Waals surface area contributed by atoms with Gasteiger partial charge in [0.05, 0.1) is 17.5 Å². The summed E-state index contributed by atoms with van der Waals surface area (Å²) in [6.45, 7) is 5.83. The van der Waals surface area contributed by atoms with Crippen molar-refractivity contribution in [3.05, 3.63) is 88.4 Å². The Hall–Kier alpha value is -3.51. The van der Waals surface area contributed by atoms with Crippen LogP contribution in [-0.4, -0.2) is 41.6 Å². The Morgan fingerprint density at radius 3 is 2.50 bits per heavy atom. The highest BCUT2D eigenvalue weighted by molar-refractivity contribution is 6.32. The predicted octanol–water partition coefficient (Wildman–Crippen LogP) is 6.42. The van der Waals surface area contributed by atoms with Crippen molar-refractivity contribution in [3.63, 3.8) is 0 Å². The standard InChI is InChI=1S/C29H30ClNO5/c1-19(2)18-31(14-12-20-6-4-3-5-7-20)28(32)21-8-10-22(11-9-21)36-27-17-26-24(16-25(27)30)23(29(33)34)13-15-35-26/h3-11,16-17,19,23H,12-15,18H2,1-2H3,(H,33,34). The molecule has 1 heterocycles. The number of ether oxygens (including phenoxy) is 2. The molecule has 1 amide bonds. The molecule has 36 heavy (non-hydrogen) atoms. The minimum atomic E-state index is -0.903. The number of aliphatic carboxylic acids is 1. The van der Waals surface area contributed by atoms with Gasteiger partial charge in [0.15, 0.2) is 0 Å². The van der Waals surface area contributed by atoms with Crippen molar-refractivity contribution >= 4 is 23.5 Å². The van der Waals surface area contributed by atoms with E-state index >= 15 is 0 Å². The number of rotatable bonds is 9. The van der Waals surface area contributed by atoms with Crippen molar-refractivity contribution in [2.75, 3.05) is 19.7 Å². The molecule has 7 heteroatoms. The molecule has 6 nitrogen and oxygen atoms in total. The molecule has 0 aromatic heterocycles. The maximum Gasteiger partial charge on any atom is 0.311 e. The Morgan fingerprint density at radius 2 is 1.83 bits per heavy atom. The van der Waals surface area contributed by atoms with E-state index in [1.54, 1.807) is 36.4 Å². The van der Waals surface area contributed by atoms with E-state index in [0.29, 0.717) is 65.4 Å². The molecule has 1 atom stereocenters. The molecule has 3 aromatic carbocycles. The van der Waals surface area contributed by atoms with E-state index in [-0.39, 0.29) is 5.91 Å². The molecular formula is C29H30ClNO5. The van der Waals surface area contributed by atoms with E-state index in [1.807, 2.05) is 23.1 Å². The first-order valence-corrected chi connectivity index (χ1v) is 12.5. The first kappa shape index (κ1) is 25.6. The summed E-state index contributed by atoms with van der Waals surface area (Å²) in [5, 5.41) is 9.77. The lowest BCUT2D eigenvalue weighted by Gasteiger charge is -2.25. The van der Waals surface area contributed by atoms with Crippen LogP contribution in [0.5, 0.6) is 17.2 Å². The SMILES string of the molecule is CC(C)CN(CCc1ccccc1)C(=O)c1ccc(Oc2cc3c(cc2Cl)C(C(=O)O)CCO3)cc1. The highest BCUT2D eigenvalue weighted by Gasteiger charge is 2.29. The number of amides is 1. The van der Waals surface area contributed by atoms with Gasteiger partial charge in [-0.3, -0.25) is 9.59 Å². The Labute approximate surface area is 216 Å². The molecule has 1 N–H and O–H groups in total. The van der Waals surface area contributed by atoms with Gasteiger partial charge < -0.3 is 19.5 Å². The number of hydrogen-bond acceptors (Lipinski definition) is 4. The van der Waals surface area contributed by atoms with Gasteiger partial charge in [-0.1, -0.05) is 55.8 Å². The minimum Gasteiger partial charge on any atom is -0.493 e. The van der Waals surface area contributed by atoms with Crippen LogP contribution < -0.4 is 9.47 Å². The molecule has 0 saturated carbocycles. The maximum absolute atomic E-state index is 13.3. The van der Waals surface area contributed by atoms with E-state index in [9.17, 15) is 14.7 Å². The van der Waals surface area contributed by atoms with Gasteiger partial charge >= 0.3 is 5.97 Å². The fraction of sp³-hybridized carbons (Fsp3) is 0.310. The largest absolute Gasteiger partial charge is 0.493 e. The summed E-state index contributed by atoms with van der Waals surface area (Å²) in [5.74, 6) is 0.111. The average Bonchev–Trinajstić information content (AvgIpc) is 2.87. The molecule has 0 spiro atoms. The fourth-order valence-corrected chi connectivity index (χ4v) is 4.54. The Kier molecular flexibility index (Phi) is 8.16. The summed E-state index contributed by atoms with van der Waals surface area (Å²) in [7, 11) is 0. The Balaban J connectivity index is 1.47. The van der Waals surface area contributed by atoms with Crippen molar-refractivity contribution in [2.45, 2.75) is 32.6 Å². The number of hydrogen-bond donors (Lipinski definition) is 1. The Bertz CT molecular complexity index is 1210. The van der Waals surface area contributed by atoms with Gasteiger partial charge in [0.1, 0.15) is 17.2 Å². The summed E-state index contributed by atoms with van der Waals surface area (Å²) < 4.78 is 11.6. The summed E-state index contributed by atoms with van der Waals surface area (Å²) >= 11 is 6.40. The fourth-order valence-electron chi connectivity index (χ4n) is 4.32. The Morgan fingerprint density at radius 1 is 1.11 bits per heavy atom. The van der Waals surface area contributed by atoms with Gasteiger partial charge in [-0.2, -0.15) is 0 Å². The number of nitrogens with zero attached hydrogens (tertiary/aromatic N) is 1. The molecular weight excluding hydrogens is 478 g/mol. The van der Waals surface area contributed by atoms with Crippen LogP contribution in [0, 0.1) is 5.92 Å². The topological polar surface area (TPSA) is 76.1 Å². The molecule has 0 radical (unpaired) electrons. The summed E-state index contributed by atoms with van der Waals surface area (Å²) in [4.78, 5) is 26.7. The van der Waals surface area contributed by atoms with Crippen LogP contribution in [0.3, 0.4) is 0 Å². The van der Waals surface area contributed by atoms with Crippen molar-refractivity contribution in [1.82, 2.24) is 4.90 Å². The monoisotopic (exact) mass is 507 g/mol. The minimum absolute atomic E-state index is 0.0221.